The monoisotopic (exact) mass is 372 g/mol. The van der Waals surface area contributed by atoms with Crippen molar-refractivity contribution in [1.29, 1.82) is 0 Å². The number of nitrogens with one attached hydrogen (secondary N) is 2. The van der Waals surface area contributed by atoms with Crippen LogP contribution in [-0.4, -0.2) is 46.8 Å². The molecular formula is C19H24N4O4. The maximum atomic E-state index is 13.1. The van der Waals surface area contributed by atoms with Crippen molar-refractivity contribution in [2.45, 2.75) is 51.6 Å². The van der Waals surface area contributed by atoms with Gasteiger partial charge in [0.05, 0.1) is 11.4 Å². The van der Waals surface area contributed by atoms with Crippen molar-refractivity contribution < 1.29 is 19.2 Å². The molecule has 8 nitrogen and oxygen atoms in total. The van der Waals surface area contributed by atoms with Crippen LogP contribution < -0.4 is 15.5 Å². The molecule has 0 aliphatic carbocycles. The zero-order valence-corrected chi connectivity index (χ0v) is 15.7. The first-order valence-corrected chi connectivity index (χ1v) is 9.18. The van der Waals surface area contributed by atoms with E-state index in [0.717, 1.165) is 4.90 Å². The molecule has 2 N–H and O–H groups in total. The van der Waals surface area contributed by atoms with Crippen LogP contribution in [-0.2, 0) is 14.4 Å². The fourth-order valence-corrected chi connectivity index (χ4v) is 3.73. The second-order valence-corrected chi connectivity index (χ2v) is 6.99. The number of rotatable bonds is 4. The highest BCUT2D eigenvalue weighted by molar-refractivity contribution is 6.11. The Bertz CT molecular complexity index is 803. The third kappa shape index (κ3) is 3.15. The number of imide groups is 1. The fourth-order valence-electron chi connectivity index (χ4n) is 3.73. The molecule has 0 bridgehead atoms. The Morgan fingerprint density at radius 3 is 2.48 bits per heavy atom. The summed E-state index contributed by atoms with van der Waals surface area (Å²) in [5.74, 6) is -0.968. The molecule has 3 rings (SSSR count). The summed E-state index contributed by atoms with van der Waals surface area (Å²) in [5, 5.41) is 5.51. The Kier molecular flexibility index (Phi) is 4.91. The SMILES string of the molecule is CCC1(CC)NC(=O)N(CC(=O)N2c3ccccc3NC(=O)C[C@H]2C)C1=O. The molecule has 0 spiro atoms. The topological polar surface area (TPSA) is 98.8 Å². The van der Waals surface area contributed by atoms with Crippen LogP contribution in [0.1, 0.15) is 40.0 Å². The normalized spacial score (nSPS) is 21.4. The minimum atomic E-state index is -0.947. The van der Waals surface area contributed by atoms with Gasteiger partial charge < -0.3 is 15.5 Å². The summed E-state index contributed by atoms with van der Waals surface area (Å²) in [7, 11) is 0. The van der Waals surface area contributed by atoms with Crippen molar-refractivity contribution in [2.24, 2.45) is 0 Å². The van der Waals surface area contributed by atoms with Crippen molar-refractivity contribution in [1.82, 2.24) is 10.2 Å². The zero-order chi connectivity index (χ0) is 19.8. The van der Waals surface area contributed by atoms with Crippen LogP contribution in [0.2, 0.25) is 0 Å². The summed E-state index contributed by atoms with van der Waals surface area (Å²) in [4.78, 5) is 52.7. The first kappa shape index (κ1) is 18.9. The molecular weight excluding hydrogens is 348 g/mol. The van der Waals surface area contributed by atoms with Gasteiger partial charge in [-0.25, -0.2) is 4.79 Å². The van der Waals surface area contributed by atoms with Gasteiger partial charge in [-0.1, -0.05) is 26.0 Å². The van der Waals surface area contributed by atoms with Gasteiger partial charge in [-0.15, -0.1) is 0 Å². The van der Waals surface area contributed by atoms with Gasteiger partial charge in [0.1, 0.15) is 12.1 Å². The lowest BCUT2D eigenvalue weighted by Crippen LogP contribution is -2.48. The highest BCUT2D eigenvalue weighted by atomic mass is 16.2. The second-order valence-electron chi connectivity index (χ2n) is 6.99. The third-order valence-corrected chi connectivity index (χ3v) is 5.37. The largest absolute Gasteiger partial charge is 0.325 e. The minimum Gasteiger partial charge on any atom is -0.324 e. The first-order valence-electron chi connectivity index (χ1n) is 9.18. The highest BCUT2D eigenvalue weighted by Crippen LogP contribution is 2.32. The molecule has 27 heavy (non-hydrogen) atoms. The molecule has 1 saturated heterocycles. The maximum Gasteiger partial charge on any atom is 0.325 e. The van der Waals surface area contributed by atoms with Crippen LogP contribution in [0, 0.1) is 0 Å². The van der Waals surface area contributed by atoms with E-state index in [0.29, 0.717) is 24.2 Å². The third-order valence-electron chi connectivity index (χ3n) is 5.37. The van der Waals surface area contributed by atoms with Crippen LogP contribution in [0.3, 0.4) is 0 Å². The molecule has 0 unspecified atom stereocenters. The number of urea groups is 1. The molecule has 1 fully saturated rings. The Labute approximate surface area is 157 Å². The summed E-state index contributed by atoms with van der Waals surface area (Å²) in [6.07, 6.45) is 1.05. The smallest absolute Gasteiger partial charge is 0.324 e. The lowest BCUT2D eigenvalue weighted by Gasteiger charge is -2.29. The van der Waals surface area contributed by atoms with Crippen LogP contribution >= 0.6 is 0 Å². The maximum absolute atomic E-state index is 13.1. The van der Waals surface area contributed by atoms with Gasteiger partial charge in [0.2, 0.25) is 11.8 Å². The molecule has 144 valence electrons. The number of carbonyl (C=O) groups excluding carboxylic acids is 4. The zero-order valence-electron chi connectivity index (χ0n) is 15.7. The van der Waals surface area contributed by atoms with Gasteiger partial charge in [0.15, 0.2) is 0 Å². The van der Waals surface area contributed by atoms with Crippen molar-refractivity contribution in [3.8, 4) is 0 Å². The highest BCUT2D eigenvalue weighted by Gasteiger charge is 2.49. The molecule has 0 radical (unpaired) electrons. The Balaban J connectivity index is 1.89. The van der Waals surface area contributed by atoms with Gasteiger partial charge in [0, 0.05) is 12.5 Å². The fraction of sp³-hybridized carbons (Fsp3) is 0.474. The number of anilines is 2. The number of hydrogen-bond donors (Lipinski definition) is 2. The van der Waals surface area contributed by atoms with Crippen LogP contribution in [0.15, 0.2) is 24.3 Å². The summed E-state index contributed by atoms with van der Waals surface area (Å²) >= 11 is 0. The second kappa shape index (κ2) is 7.02. The summed E-state index contributed by atoms with van der Waals surface area (Å²) in [5.41, 5.74) is 0.149. The van der Waals surface area contributed by atoms with E-state index < -0.39 is 23.5 Å². The quantitative estimate of drug-likeness (QED) is 0.788. The average Bonchev–Trinajstić information content (AvgIpc) is 2.79. The number of benzene rings is 1. The van der Waals surface area contributed by atoms with E-state index in [9.17, 15) is 19.2 Å². The van der Waals surface area contributed by atoms with Crippen molar-refractivity contribution in [3.63, 3.8) is 0 Å². The average molecular weight is 372 g/mol. The van der Waals surface area contributed by atoms with E-state index >= 15 is 0 Å². The molecule has 1 aromatic rings. The molecule has 5 amide bonds. The molecule has 8 heteroatoms. The van der Waals surface area contributed by atoms with E-state index in [2.05, 4.69) is 10.6 Å². The van der Waals surface area contributed by atoms with Crippen LogP contribution in [0.25, 0.3) is 0 Å². The molecule has 2 aliphatic heterocycles. The minimum absolute atomic E-state index is 0.133. The number of hydrogen-bond acceptors (Lipinski definition) is 4. The first-order chi connectivity index (χ1) is 12.8. The van der Waals surface area contributed by atoms with E-state index in [4.69, 9.17) is 0 Å². The molecule has 1 aromatic carbocycles. The number of amides is 5. The van der Waals surface area contributed by atoms with Crippen LogP contribution in [0.5, 0.6) is 0 Å². The molecule has 0 aromatic heterocycles. The van der Waals surface area contributed by atoms with E-state index in [-0.39, 0.29) is 24.8 Å². The number of para-hydroxylation sites is 2. The number of fused-ring (bicyclic) bond motifs is 1. The predicted octanol–water partition coefficient (Wildman–Crippen LogP) is 1.86. The number of nitrogens with zero attached hydrogens (tertiary/aromatic N) is 2. The van der Waals surface area contributed by atoms with Gasteiger partial charge in [0.25, 0.3) is 5.91 Å². The van der Waals surface area contributed by atoms with Crippen LogP contribution in [0.4, 0.5) is 16.2 Å². The van der Waals surface area contributed by atoms with Crippen molar-refractivity contribution in [2.75, 3.05) is 16.8 Å². The Morgan fingerprint density at radius 2 is 1.85 bits per heavy atom. The lowest BCUT2D eigenvalue weighted by atomic mass is 9.93. The standard InChI is InChI=1S/C19H24N4O4/c1-4-19(5-2)17(26)22(18(27)21-19)11-16(25)23-12(3)10-15(24)20-13-8-6-7-9-14(13)23/h6-9,12H,4-5,10-11H2,1-3H3,(H,20,24)(H,21,27)/t12-/m1/s1. The van der Waals surface area contributed by atoms with Crippen molar-refractivity contribution >= 4 is 35.1 Å². The molecule has 2 heterocycles. The Morgan fingerprint density at radius 1 is 1.19 bits per heavy atom. The number of carbonyl (C=O) groups is 4. The van der Waals surface area contributed by atoms with Crippen molar-refractivity contribution in [3.05, 3.63) is 24.3 Å². The molecule has 1 atom stereocenters. The molecule has 2 aliphatic rings. The van der Waals surface area contributed by atoms with Gasteiger partial charge in [-0.3, -0.25) is 19.3 Å². The molecule has 0 saturated carbocycles. The Hall–Kier alpha value is -2.90. The predicted molar refractivity (Wildman–Crippen MR) is 100 cm³/mol. The summed E-state index contributed by atoms with van der Waals surface area (Å²) in [6, 6.07) is 6.05. The lowest BCUT2D eigenvalue weighted by molar-refractivity contribution is -0.134. The van der Waals surface area contributed by atoms with E-state index in [1.54, 1.807) is 31.2 Å². The van der Waals surface area contributed by atoms with E-state index in [1.807, 2.05) is 13.8 Å². The van der Waals surface area contributed by atoms with Gasteiger partial charge >= 0.3 is 6.03 Å². The van der Waals surface area contributed by atoms with E-state index in [1.165, 1.54) is 4.90 Å². The van der Waals surface area contributed by atoms with Gasteiger partial charge in [-0.05, 0) is 31.9 Å². The van der Waals surface area contributed by atoms with Gasteiger partial charge in [-0.2, -0.15) is 0 Å². The summed E-state index contributed by atoms with van der Waals surface area (Å²) < 4.78 is 0. The summed E-state index contributed by atoms with van der Waals surface area (Å²) in [6.45, 7) is 5.07.